The third-order valence-electron chi connectivity index (χ3n) is 15.7. The zero-order chi connectivity index (χ0) is 34.3. The molecular weight excluding hydrogens is 604 g/mol. The Morgan fingerprint density at radius 1 is 0.936 bits per heavy atom. The summed E-state index contributed by atoms with van der Waals surface area (Å²) < 4.78 is 23.7. The summed E-state index contributed by atoms with van der Waals surface area (Å²) in [7, 11) is 0. The number of fused-ring (bicyclic) bond motifs is 2. The van der Waals surface area contributed by atoms with Crippen LogP contribution in [0.15, 0.2) is 0 Å². The van der Waals surface area contributed by atoms with Crippen molar-refractivity contribution >= 4 is 11.8 Å². The molecule has 0 radical (unpaired) electrons. The normalized spacial score (nSPS) is 53.5. The van der Waals surface area contributed by atoms with Gasteiger partial charge in [-0.1, -0.05) is 34.6 Å². The van der Waals surface area contributed by atoms with E-state index in [0.717, 1.165) is 44.9 Å². The molecule has 2 heterocycles. The molecule has 0 aromatic carbocycles. The van der Waals surface area contributed by atoms with Gasteiger partial charge in [-0.2, -0.15) is 0 Å². The molecule has 0 aromatic rings. The Labute approximate surface area is 279 Å². The molecule has 0 aromatic heterocycles. The third kappa shape index (κ3) is 4.53. The van der Waals surface area contributed by atoms with Crippen LogP contribution in [0.2, 0.25) is 0 Å². The first kappa shape index (κ1) is 34.3. The molecule has 10 nitrogen and oxygen atoms in total. The van der Waals surface area contributed by atoms with E-state index in [2.05, 4.69) is 34.6 Å². The van der Waals surface area contributed by atoms with Crippen LogP contribution in [0.1, 0.15) is 107 Å². The predicted molar refractivity (Wildman–Crippen MR) is 170 cm³/mol. The molecule has 0 bridgehead atoms. The fourth-order valence-corrected chi connectivity index (χ4v) is 13.2. The Hall–Kier alpha value is -1.14. The van der Waals surface area contributed by atoms with Crippen LogP contribution in [0.25, 0.3) is 0 Å². The minimum Gasteiger partial charge on any atom is -0.460 e. The van der Waals surface area contributed by atoms with E-state index in [-0.39, 0.29) is 75.6 Å². The largest absolute Gasteiger partial charge is 0.460 e. The molecule has 2 spiro atoms. The molecule has 4 N–H and O–H groups in total. The molecule has 3 unspecified atom stereocenters. The highest BCUT2D eigenvalue weighted by molar-refractivity contribution is 5.90. The van der Waals surface area contributed by atoms with E-state index in [1.165, 1.54) is 6.92 Å². The van der Waals surface area contributed by atoms with Gasteiger partial charge in [-0.15, -0.1) is 0 Å². The maximum atomic E-state index is 14.2. The summed E-state index contributed by atoms with van der Waals surface area (Å²) in [4.78, 5) is 26.3. The van der Waals surface area contributed by atoms with Crippen LogP contribution >= 0.6 is 0 Å². The highest BCUT2D eigenvalue weighted by Crippen LogP contribution is 2.89. The number of carbonyl (C=O) groups is 2. The van der Waals surface area contributed by atoms with Crippen LogP contribution in [-0.4, -0.2) is 93.4 Å². The molecule has 7 rings (SSSR count). The second-order valence-corrected chi connectivity index (χ2v) is 18.4. The van der Waals surface area contributed by atoms with E-state index in [0.29, 0.717) is 12.3 Å². The van der Waals surface area contributed by atoms with Crippen molar-refractivity contribution in [2.75, 3.05) is 6.61 Å². The molecular formula is C37H58O10. The minimum atomic E-state index is -1.31. The number of ketones is 1. The number of aliphatic hydroxyl groups is 4. The number of hydrogen-bond acceptors (Lipinski definition) is 10. The predicted octanol–water partition coefficient (Wildman–Crippen LogP) is 3.53. The first-order valence-electron chi connectivity index (χ1n) is 18.2. The van der Waals surface area contributed by atoms with Crippen LogP contribution in [0.5, 0.6) is 0 Å². The average molecular weight is 663 g/mol. The average Bonchev–Trinajstić information content (AvgIpc) is 3.84. The van der Waals surface area contributed by atoms with Crippen molar-refractivity contribution in [1.29, 1.82) is 0 Å². The number of ether oxygens (including phenoxy) is 4. The Morgan fingerprint density at radius 2 is 1.57 bits per heavy atom. The fourth-order valence-electron chi connectivity index (χ4n) is 13.2. The standard InChI is InChI=1S/C37H58O10/c1-18(15-21(45-19(2)38)30-33(5,6)47-30)25-27(41)29(43)35(8)23-10-9-22-32(3,4)24(46-31-28(42)26(40)20(39)16-44-31)11-12-36(22)17-37(23,36)14-13-34(25,35)7/h18,20-26,28-31,39-40,42-43H,9-17H2,1-8H3/t18-,20-,21-,22?,23?,24+,25?,26+,28-,29+,30-,31+,34-,35-,36-,37+/m1/s1. The first-order valence-corrected chi connectivity index (χ1v) is 18.2. The van der Waals surface area contributed by atoms with Gasteiger partial charge in [0.1, 0.15) is 36.6 Å². The molecule has 47 heavy (non-hydrogen) atoms. The lowest BCUT2D eigenvalue weighted by Gasteiger charge is -2.63. The number of esters is 1. The Morgan fingerprint density at radius 3 is 2.21 bits per heavy atom. The van der Waals surface area contributed by atoms with Gasteiger partial charge in [-0.25, -0.2) is 0 Å². The summed E-state index contributed by atoms with van der Waals surface area (Å²) in [6.07, 6.45) is 0.666. The number of rotatable bonds is 7. The van der Waals surface area contributed by atoms with Crippen molar-refractivity contribution in [3.8, 4) is 0 Å². The molecule has 16 atom stereocenters. The molecule has 7 aliphatic rings. The highest BCUT2D eigenvalue weighted by Gasteiger charge is 2.84. The van der Waals surface area contributed by atoms with Gasteiger partial charge in [0.25, 0.3) is 0 Å². The summed E-state index contributed by atoms with van der Waals surface area (Å²) >= 11 is 0. The van der Waals surface area contributed by atoms with Crippen LogP contribution in [-0.2, 0) is 28.5 Å². The maximum absolute atomic E-state index is 14.2. The third-order valence-corrected chi connectivity index (χ3v) is 15.7. The zero-order valence-electron chi connectivity index (χ0n) is 29.5. The summed E-state index contributed by atoms with van der Waals surface area (Å²) in [6, 6.07) is 0. The van der Waals surface area contributed by atoms with E-state index >= 15 is 0 Å². The fraction of sp³-hybridized carbons (Fsp3) is 0.946. The summed E-state index contributed by atoms with van der Waals surface area (Å²) in [5.41, 5.74) is -1.34. The molecule has 7 fully saturated rings. The van der Waals surface area contributed by atoms with Crippen molar-refractivity contribution in [2.24, 2.45) is 50.7 Å². The molecule has 2 saturated heterocycles. The van der Waals surface area contributed by atoms with Gasteiger partial charge >= 0.3 is 5.97 Å². The molecule has 10 heteroatoms. The highest BCUT2D eigenvalue weighted by atomic mass is 16.7. The SMILES string of the molecule is CC(=O)O[C@H](C[C@@H](C)C1C(=O)[C@H](O)[C@@]2(C)C3CCC4C(C)(C)[C@@H](O[C@@H]5OC[C@@H](O)[C@H](O)[C@H]5O)CC[C@@]45C[C@@]35CC[C@]12C)[C@H]1OC1(C)C. The van der Waals surface area contributed by atoms with Gasteiger partial charge in [0, 0.05) is 18.3 Å². The quantitative estimate of drug-likeness (QED) is 0.181. The van der Waals surface area contributed by atoms with Gasteiger partial charge in [-0.3, -0.25) is 9.59 Å². The van der Waals surface area contributed by atoms with Crippen LogP contribution < -0.4 is 0 Å². The number of aliphatic hydroxyl groups excluding tert-OH is 4. The molecule has 5 saturated carbocycles. The molecule has 266 valence electrons. The summed E-state index contributed by atoms with van der Waals surface area (Å²) in [5.74, 6) is -0.211. The van der Waals surface area contributed by atoms with E-state index < -0.39 is 42.2 Å². The van der Waals surface area contributed by atoms with Gasteiger partial charge in [0.05, 0.1) is 18.3 Å². The maximum Gasteiger partial charge on any atom is 0.302 e. The molecule has 2 aliphatic heterocycles. The van der Waals surface area contributed by atoms with E-state index in [1.54, 1.807) is 0 Å². The number of epoxide rings is 1. The van der Waals surface area contributed by atoms with Gasteiger partial charge < -0.3 is 39.4 Å². The second kappa shape index (κ2) is 10.7. The smallest absolute Gasteiger partial charge is 0.302 e. The Bertz CT molecular complexity index is 1300. The first-order chi connectivity index (χ1) is 21.8. The number of hydrogen-bond donors (Lipinski definition) is 4. The Kier molecular flexibility index (Phi) is 7.80. The summed E-state index contributed by atoms with van der Waals surface area (Å²) in [5, 5.41) is 42.8. The van der Waals surface area contributed by atoms with E-state index in [4.69, 9.17) is 18.9 Å². The van der Waals surface area contributed by atoms with Crippen molar-refractivity contribution < 1.29 is 49.0 Å². The van der Waals surface area contributed by atoms with E-state index in [1.807, 2.05) is 13.8 Å². The van der Waals surface area contributed by atoms with Gasteiger partial charge in [0.2, 0.25) is 0 Å². The lowest BCUT2D eigenvalue weighted by molar-refractivity contribution is -0.303. The van der Waals surface area contributed by atoms with Gasteiger partial charge in [0.15, 0.2) is 12.1 Å². The van der Waals surface area contributed by atoms with Crippen molar-refractivity contribution in [3.05, 3.63) is 0 Å². The van der Waals surface area contributed by atoms with Crippen molar-refractivity contribution in [2.45, 2.75) is 161 Å². The lowest BCUT2D eigenvalue weighted by Crippen LogP contribution is -2.61. The van der Waals surface area contributed by atoms with Crippen LogP contribution in [0.4, 0.5) is 0 Å². The van der Waals surface area contributed by atoms with Gasteiger partial charge in [-0.05, 0) is 105 Å². The summed E-state index contributed by atoms with van der Waals surface area (Å²) in [6.45, 7) is 16.4. The second-order valence-electron chi connectivity index (χ2n) is 18.4. The molecule has 0 amide bonds. The van der Waals surface area contributed by atoms with Crippen LogP contribution in [0.3, 0.4) is 0 Å². The van der Waals surface area contributed by atoms with Crippen LogP contribution in [0, 0.1) is 50.7 Å². The van der Waals surface area contributed by atoms with Crippen molar-refractivity contribution in [3.63, 3.8) is 0 Å². The Balaban J connectivity index is 1.12. The monoisotopic (exact) mass is 662 g/mol. The number of carbonyl (C=O) groups excluding carboxylic acids is 2. The van der Waals surface area contributed by atoms with E-state index in [9.17, 15) is 30.0 Å². The topological polar surface area (TPSA) is 155 Å². The van der Waals surface area contributed by atoms with Crippen molar-refractivity contribution in [1.82, 2.24) is 0 Å². The lowest BCUT2D eigenvalue weighted by atomic mass is 9.41. The zero-order valence-corrected chi connectivity index (χ0v) is 29.5. The number of Topliss-reactive ketones (excluding diaryl/α,β-unsaturated/α-hetero) is 1. The minimum absolute atomic E-state index is 0.0512. The molecule has 5 aliphatic carbocycles.